The van der Waals surface area contributed by atoms with Crippen LogP contribution in [0.5, 0.6) is 0 Å². The average Bonchev–Trinajstić information content (AvgIpc) is 2.88. The fourth-order valence-electron chi connectivity index (χ4n) is 2.72. The third-order valence-corrected chi connectivity index (χ3v) is 3.78. The molecule has 2 aromatic heterocycles. The van der Waals surface area contributed by atoms with E-state index >= 15 is 0 Å². The first-order chi connectivity index (χ1) is 10.3. The highest BCUT2D eigenvalue weighted by Crippen LogP contribution is 2.26. The Morgan fingerprint density at radius 2 is 2.19 bits per heavy atom. The summed E-state index contributed by atoms with van der Waals surface area (Å²) in [7, 11) is 0. The van der Waals surface area contributed by atoms with E-state index in [2.05, 4.69) is 38.9 Å². The normalized spacial score (nSPS) is 13.8. The highest BCUT2D eigenvalue weighted by Gasteiger charge is 2.10. The van der Waals surface area contributed by atoms with Gasteiger partial charge in [0, 0.05) is 24.1 Å². The topological polar surface area (TPSA) is 54.2 Å². The molecule has 5 heteroatoms. The average molecular weight is 279 g/mol. The number of hydrogen-bond acceptors (Lipinski definition) is 4. The van der Waals surface area contributed by atoms with Gasteiger partial charge in [0.1, 0.15) is 0 Å². The molecule has 21 heavy (non-hydrogen) atoms. The van der Waals surface area contributed by atoms with E-state index in [-0.39, 0.29) is 0 Å². The zero-order chi connectivity index (χ0) is 14.2. The molecule has 3 aromatic rings. The van der Waals surface area contributed by atoms with Crippen LogP contribution in [0.2, 0.25) is 0 Å². The molecule has 1 aromatic carbocycles. The third-order valence-electron chi connectivity index (χ3n) is 3.78. The van der Waals surface area contributed by atoms with E-state index in [4.69, 9.17) is 0 Å². The van der Waals surface area contributed by atoms with E-state index in [0.29, 0.717) is 5.95 Å². The lowest BCUT2D eigenvalue weighted by Crippen LogP contribution is -2.11. The molecule has 1 aliphatic rings. The highest BCUT2D eigenvalue weighted by atomic mass is 15.3. The molecular formula is C16H17N5. The van der Waals surface area contributed by atoms with E-state index in [1.165, 1.54) is 23.2 Å². The zero-order valence-electron chi connectivity index (χ0n) is 11.9. The zero-order valence-corrected chi connectivity index (χ0v) is 11.9. The molecule has 0 saturated heterocycles. The predicted octanol–water partition coefficient (Wildman–Crippen LogP) is 3.14. The van der Waals surface area contributed by atoms with Gasteiger partial charge in [0.15, 0.2) is 5.65 Å². The van der Waals surface area contributed by atoms with Crippen LogP contribution in [0, 0.1) is 6.92 Å². The maximum absolute atomic E-state index is 4.49. The maximum atomic E-state index is 4.49. The Bertz CT molecular complexity index is 806. The summed E-state index contributed by atoms with van der Waals surface area (Å²) in [4.78, 5) is 4.49. The number of rotatable bonds is 2. The Morgan fingerprint density at radius 1 is 1.24 bits per heavy atom. The standard InChI is InChI=1S/C16H17N5/c1-11-4-7-15-19-16(20-21(15)10-11)18-13-5-6-14-12(9-13)3-2-8-17-14/h4-7,9-10,17H,2-3,8H2,1H3,(H,18,20). The Balaban J connectivity index is 1.64. The summed E-state index contributed by atoms with van der Waals surface area (Å²) < 4.78 is 1.80. The minimum absolute atomic E-state index is 0.629. The quantitative estimate of drug-likeness (QED) is 0.756. The lowest BCUT2D eigenvalue weighted by Gasteiger charge is -2.18. The van der Waals surface area contributed by atoms with Gasteiger partial charge >= 0.3 is 0 Å². The lowest BCUT2D eigenvalue weighted by atomic mass is 10.0. The van der Waals surface area contributed by atoms with Gasteiger partial charge in [-0.2, -0.15) is 4.98 Å². The van der Waals surface area contributed by atoms with Gasteiger partial charge in [-0.25, -0.2) is 4.52 Å². The summed E-state index contributed by atoms with van der Waals surface area (Å²) in [6.45, 7) is 3.11. The molecule has 0 atom stereocenters. The van der Waals surface area contributed by atoms with Crippen LogP contribution in [0.4, 0.5) is 17.3 Å². The number of benzene rings is 1. The number of nitrogens with zero attached hydrogens (tertiary/aromatic N) is 3. The summed E-state index contributed by atoms with van der Waals surface area (Å²) >= 11 is 0. The van der Waals surface area contributed by atoms with Crippen molar-refractivity contribution in [1.29, 1.82) is 0 Å². The summed E-state index contributed by atoms with van der Waals surface area (Å²) in [6, 6.07) is 10.4. The summed E-state index contributed by atoms with van der Waals surface area (Å²) in [5.41, 5.74) is 5.64. The van der Waals surface area contributed by atoms with E-state index in [0.717, 1.165) is 24.3 Å². The van der Waals surface area contributed by atoms with Crippen LogP contribution in [0.15, 0.2) is 36.5 Å². The Morgan fingerprint density at radius 3 is 3.14 bits per heavy atom. The van der Waals surface area contributed by atoms with Crippen molar-refractivity contribution in [2.45, 2.75) is 19.8 Å². The van der Waals surface area contributed by atoms with Gasteiger partial charge in [-0.1, -0.05) is 6.07 Å². The van der Waals surface area contributed by atoms with Crippen LogP contribution in [0.3, 0.4) is 0 Å². The smallest absolute Gasteiger partial charge is 0.247 e. The number of nitrogens with one attached hydrogen (secondary N) is 2. The first kappa shape index (κ1) is 12.2. The van der Waals surface area contributed by atoms with Gasteiger partial charge in [0.2, 0.25) is 5.95 Å². The van der Waals surface area contributed by atoms with E-state index < -0.39 is 0 Å². The Labute approximate surface area is 123 Å². The van der Waals surface area contributed by atoms with E-state index in [9.17, 15) is 0 Å². The van der Waals surface area contributed by atoms with Crippen molar-refractivity contribution >= 4 is 23.0 Å². The first-order valence-corrected chi connectivity index (χ1v) is 7.25. The van der Waals surface area contributed by atoms with Crippen LogP contribution in [0.25, 0.3) is 5.65 Å². The molecule has 106 valence electrons. The largest absolute Gasteiger partial charge is 0.385 e. The molecule has 4 rings (SSSR count). The lowest BCUT2D eigenvalue weighted by molar-refractivity contribution is 0.830. The van der Waals surface area contributed by atoms with Gasteiger partial charge in [0.05, 0.1) is 0 Å². The van der Waals surface area contributed by atoms with Gasteiger partial charge in [-0.05, 0) is 55.2 Å². The SMILES string of the molecule is Cc1ccc2nc(Nc3ccc4c(c3)CCCN4)nn2c1. The van der Waals surface area contributed by atoms with Crippen LogP contribution in [-0.4, -0.2) is 21.1 Å². The van der Waals surface area contributed by atoms with Crippen LogP contribution in [-0.2, 0) is 6.42 Å². The second kappa shape index (κ2) is 4.77. The molecule has 5 nitrogen and oxygen atoms in total. The molecule has 2 N–H and O–H groups in total. The fraction of sp³-hybridized carbons (Fsp3) is 0.250. The molecule has 0 bridgehead atoms. The summed E-state index contributed by atoms with van der Waals surface area (Å²) in [5, 5.41) is 11.2. The molecule has 0 unspecified atom stereocenters. The first-order valence-electron chi connectivity index (χ1n) is 7.25. The maximum Gasteiger partial charge on any atom is 0.247 e. The van der Waals surface area contributed by atoms with Crippen molar-refractivity contribution in [3.63, 3.8) is 0 Å². The number of fused-ring (bicyclic) bond motifs is 2. The molecule has 3 heterocycles. The van der Waals surface area contributed by atoms with Crippen molar-refractivity contribution in [1.82, 2.24) is 14.6 Å². The van der Waals surface area contributed by atoms with Gasteiger partial charge in [-0.3, -0.25) is 0 Å². The number of pyridine rings is 1. The van der Waals surface area contributed by atoms with E-state index in [1.807, 2.05) is 25.3 Å². The number of anilines is 3. The summed E-state index contributed by atoms with van der Waals surface area (Å²) in [5.74, 6) is 0.629. The molecule has 0 radical (unpaired) electrons. The molecule has 0 saturated carbocycles. The minimum Gasteiger partial charge on any atom is -0.385 e. The second-order valence-corrected chi connectivity index (χ2v) is 5.47. The van der Waals surface area contributed by atoms with Crippen LogP contribution >= 0.6 is 0 Å². The van der Waals surface area contributed by atoms with Gasteiger partial charge < -0.3 is 10.6 Å². The number of aryl methyl sites for hydroxylation is 2. The second-order valence-electron chi connectivity index (χ2n) is 5.47. The molecule has 0 aliphatic carbocycles. The predicted molar refractivity (Wildman–Crippen MR) is 84.3 cm³/mol. The molecular weight excluding hydrogens is 262 g/mol. The third kappa shape index (κ3) is 2.31. The van der Waals surface area contributed by atoms with Crippen molar-refractivity contribution in [2.24, 2.45) is 0 Å². The number of aromatic nitrogens is 3. The highest BCUT2D eigenvalue weighted by molar-refractivity contribution is 5.64. The van der Waals surface area contributed by atoms with Gasteiger partial charge in [0.25, 0.3) is 0 Å². The molecule has 1 aliphatic heterocycles. The van der Waals surface area contributed by atoms with Crippen LogP contribution < -0.4 is 10.6 Å². The minimum atomic E-state index is 0.629. The Hall–Kier alpha value is -2.56. The molecule has 0 spiro atoms. The summed E-state index contributed by atoms with van der Waals surface area (Å²) in [6.07, 6.45) is 4.28. The molecule has 0 fully saturated rings. The van der Waals surface area contributed by atoms with Crippen molar-refractivity contribution in [3.8, 4) is 0 Å². The van der Waals surface area contributed by atoms with Crippen molar-refractivity contribution in [2.75, 3.05) is 17.2 Å². The Kier molecular flexibility index (Phi) is 2.77. The molecule has 0 amide bonds. The van der Waals surface area contributed by atoms with Crippen LogP contribution in [0.1, 0.15) is 17.5 Å². The van der Waals surface area contributed by atoms with E-state index in [1.54, 1.807) is 4.52 Å². The van der Waals surface area contributed by atoms with Crippen molar-refractivity contribution < 1.29 is 0 Å². The van der Waals surface area contributed by atoms with Crippen molar-refractivity contribution in [3.05, 3.63) is 47.7 Å². The number of hydrogen-bond donors (Lipinski definition) is 2. The van der Waals surface area contributed by atoms with Gasteiger partial charge in [-0.15, -0.1) is 5.10 Å². The monoisotopic (exact) mass is 279 g/mol. The fourth-order valence-corrected chi connectivity index (χ4v) is 2.72.